The largest absolute Gasteiger partial charge is 0.374 e. The predicted molar refractivity (Wildman–Crippen MR) is 167 cm³/mol. The number of benzene rings is 3. The molecule has 1 atom stereocenters. The van der Waals surface area contributed by atoms with E-state index in [1.807, 2.05) is 47.1 Å². The van der Waals surface area contributed by atoms with Crippen molar-refractivity contribution < 1.29 is 13.9 Å². The number of fused-ring (bicyclic) bond motifs is 1. The normalized spacial score (nSPS) is 23.0. The minimum atomic E-state index is -0.307. The smallest absolute Gasteiger partial charge is 0.161 e. The number of hydrogen-bond donors (Lipinski definition) is 1. The number of allylic oxidation sites excluding steroid dienone is 2. The summed E-state index contributed by atoms with van der Waals surface area (Å²) in [6.45, 7) is 4.94. The van der Waals surface area contributed by atoms with E-state index in [1.54, 1.807) is 6.07 Å². The lowest BCUT2D eigenvalue weighted by atomic mass is 9.65. The van der Waals surface area contributed by atoms with E-state index in [4.69, 9.17) is 9.84 Å². The number of carbonyl (C=O) groups is 1. The molecule has 0 saturated heterocycles. The molecule has 220 valence electrons. The van der Waals surface area contributed by atoms with Crippen molar-refractivity contribution in [2.75, 3.05) is 5.32 Å². The van der Waals surface area contributed by atoms with Crippen molar-refractivity contribution in [3.05, 3.63) is 113 Å². The Morgan fingerprint density at radius 2 is 1.65 bits per heavy atom. The molecule has 2 heterocycles. The van der Waals surface area contributed by atoms with Crippen LogP contribution in [-0.4, -0.2) is 21.7 Å². The molecule has 3 aromatic carbocycles. The number of ether oxygens (including phenoxy) is 1. The Kier molecular flexibility index (Phi) is 7.26. The number of aromatic nitrogens is 2. The van der Waals surface area contributed by atoms with Gasteiger partial charge in [0.15, 0.2) is 5.78 Å². The number of rotatable bonds is 6. The monoisotopic (exact) mass is 575 g/mol. The summed E-state index contributed by atoms with van der Waals surface area (Å²) >= 11 is 0. The first-order valence-corrected chi connectivity index (χ1v) is 15.5. The Labute approximate surface area is 252 Å². The number of nitrogens with one attached hydrogen (secondary N) is 1. The molecule has 6 heteroatoms. The molecule has 43 heavy (non-hydrogen) atoms. The maximum Gasteiger partial charge on any atom is 0.161 e. The highest BCUT2D eigenvalue weighted by Crippen LogP contribution is 2.54. The maximum atomic E-state index is 14.5. The van der Waals surface area contributed by atoms with Crippen molar-refractivity contribution in [3.63, 3.8) is 0 Å². The van der Waals surface area contributed by atoms with Crippen molar-refractivity contribution in [1.29, 1.82) is 0 Å². The molecule has 0 spiro atoms. The first kappa shape index (κ1) is 27.8. The van der Waals surface area contributed by atoms with E-state index >= 15 is 0 Å². The second kappa shape index (κ2) is 11.2. The van der Waals surface area contributed by atoms with Crippen molar-refractivity contribution >= 4 is 11.6 Å². The Hall–Kier alpha value is -4.03. The predicted octanol–water partition coefficient (Wildman–Crippen LogP) is 8.61. The minimum Gasteiger partial charge on any atom is -0.374 e. The van der Waals surface area contributed by atoms with Gasteiger partial charge in [0, 0.05) is 34.7 Å². The van der Waals surface area contributed by atoms with Crippen LogP contribution in [0.5, 0.6) is 0 Å². The van der Waals surface area contributed by atoms with Crippen molar-refractivity contribution in [2.45, 2.75) is 71.0 Å². The third-order valence-corrected chi connectivity index (χ3v) is 9.35. The highest BCUT2D eigenvalue weighted by molar-refractivity contribution is 6.01. The Balaban J connectivity index is 1.30. The van der Waals surface area contributed by atoms with Crippen LogP contribution in [0.3, 0.4) is 0 Å². The molecule has 1 fully saturated rings. The summed E-state index contributed by atoms with van der Waals surface area (Å²) in [6, 6.07) is 27.1. The molecule has 1 aliphatic heterocycles. The number of halogens is 1. The van der Waals surface area contributed by atoms with E-state index in [0.29, 0.717) is 18.7 Å². The van der Waals surface area contributed by atoms with Gasteiger partial charge in [0.1, 0.15) is 11.6 Å². The van der Waals surface area contributed by atoms with Gasteiger partial charge in [-0.25, -0.2) is 9.07 Å². The van der Waals surface area contributed by atoms with E-state index in [-0.39, 0.29) is 35.0 Å². The fraction of sp³-hybridized carbons (Fsp3) is 0.351. The van der Waals surface area contributed by atoms with Gasteiger partial charge in [0.25, 0.3) is 0 Å². The van der Waals surface area contributed by atoms with Crippen LogP contribution in [-0.2, 0) is 16.1 Å². The molecular formula is C37H38FN3O2. The average Bonchev–Trinajstić information content (AvgIpc) is 3.39. The van der Waals surface area contributed by atoms with Gasteiger partial charge in [-0.05, 0) is 67.2 Å². The van der Waals surface area contributed by atoms with E-state index in [9.17, 15) is 9.18 Å². The summed E-state index contributed by atoms with van der Waals surface area (Å²) in [7, 11) is 0. The van der Waals surface area contributed by atoms with E-state index in [1.165, 1.54) is 17.7 Å². The molecule has 1 saturated carbocycles. The van der Waals surface area contributed by atoms with E-state index in [0.717, 1.165) is 66.0 Å². The van der Waals surface area contributed by atoms with Crippen LogP contribution in [0, 0.1) is 17.2 Å². The maximum absolute atomic E-state index is 14.5. The zero-order valence-electron chi connectivity index (χ0n) is 24.9. The Bertz CT molecular complexity index is 1670. The van der Waals surface area contributed by atoms with Gasteiger partial charge in [0.2, 0.25) is 0 Å². The number of carbonyl (C=O) groups excluding carboxylic acids is 1. The molecule has 1 aromatic heterocycles. The molecular weight excluding hydrogens is 537 g/mol. The number of hydrogen-bond acceptors (Lipinski definition) is 4. The number of nitrogens with zero attached hydrogens (tertiary/aromatic N) is 2. The van der Waals surface area contributed by atoms with E-state index in [2.05, 4.69) is 43.4 Å². The molecule has 1 unspecified atom stereocenters. The van der Waals surface area contributed by atoms with Gasteiger partial charge in [-0.1, -0.05) is 80.6 Å². The molecule has 0 radical (unpaired) electrons. The molecule has 0 amide bonds. The lowest BCUT2D eigenvalue weighted by Crippen LogP contribution is -2.37. The first-order valence-electron chi connectivity index (χ1n) is 15.5. The van der Waals surface area contributed by atoms with Crippen LogP contribution in [0.2, 0.25) is 0 Å². The molecule has 5 nitrogen and oxygen atoms in total. The van der Waals surface area contributed by atoms with E-state index < -0.39 is 0 Å². The molecule has 7 rings (SSSR count). The third kappa shape index (κ3) is 5.45. The van der Waals surface area contributed by atoms with Gasteiger partial charge in [-0.3, -0.25) is 4.79 Å². The fourth-order valence-corrected chi connectivity index (χ4v) is 7.39. The fourth-order valence-electron chi connectivity index (χ4n) is 7.39. The number of Topliss-reactive ketones (excluding diaryl/α,β-unsaturated/α-hetero) is 1. The highest BCUT2D eigenvalue weighted by Gasteiger charge is 2.46. The lowest BCUT2D eigenvalue weighted by Gasteiger charge is -2.42. The molecule has 2 aliphatic carbocycles. The molecule has 1 N–H and O–H groups in total. The van der Waals surface area contributed by atoms with Crippen LogP contribution < -0.4 is 5.32 Å². The third-order valence-electron chi connectivity index (χ3n) is 9.35. The second-order valence-electron chi connectivity index (χ2n) is 13.1. The summed E-state index contributed by atoms with van der Waals surface area (Å²) in [4.78, 5) is 14.0. The summed E-state index contributed by atoms with van der Waals surface area (Å²) in [5.41, 5.74) is 6.53. The van der Waals surface area contributed by atoms with Crippen LogP contribution in [0.4, 0.5) is 10.2 Å². The quantitative estimate of drug-likeness (QED) is 0.250. The SMILES string of the molecule is CC1(C)CC(=O)C2=C(C1)Nc1c(c(-c3ccccc3)nn1-c1cccc(F)c1)C2C1CCC(OCc2ccccc2)CC1. The molecule has 3 aliphatic rings. The van der Waals surface area contributed by atoms with Gasteiger partial charge in [0.05, 0.1) is 24.1 Å². The van der Waals surface area contributed by atoms with Gasteiger partial charge < -0.3 is 10.1 Å². The van der Waals surface area contributed by atoms with Crippen LogP contribution in [0.1, 0.15) is 69.4 Å². The van der Waals surface area contributed by atoms with Crippen molar-refractivity contribution in [1.82, 2.24) is 9.78 Å². The first-order chi connectivity index (χ1) is 20.9. The zero-order valence-corrected chi connectivity index (χ0v) is 24.9. The topological polar surface area (TPSA) is 56.2 Å². The van der Waals surface area contributed by atoms with Crippen LogP contribution in [0.25, 0.3) is 16.9 Å². The average molecular weight is 576 g/mol. The van der Waals surface area contributed by atoms with Gasteiger partial charge >= 0.3 is 0 Å². The standard InChI is InChI=1S/C37H38FN3O2/c1-37(2)21-30-33(31(42)22-37)32(25-16-18-29(19-17-25)43-23-24-10-5-3-6-11-24)34-35(26-12-7-4-8-13-26)40-41(36(34)39-30)28-15-9-14-27(38)20-28/h3-15,20,25,29,32,39H,16-19,21-23H2,1-2H3. The van der Waals surface area contributed by atoms with Gasteiger partial charge in [-0.15, -0.1) is 0 Å². The van der Waals surface area contributed by atoms with Crippen molar-refractivity contribution in [2.24, 2.45) is 11.3 Å². The minimum absolute atomic E-state index is 0.0811. The highest BCUT2D eigenvalue weighted by atomic mass is 19.1. The number of anilines is 1. The van der Waals surface area contributed by atoms with Crippen LogP contribution >= 0.6 is 0 Å². The molecule has 0 bridgehead atoms. The lowest BCUT2D eigenvalue weighted by molar-refractivity contribution is -0.118. The summed E-state index contributed by atoms with van der Waals surface area (Å²) in [6.07, 6.45) is 5.38. The Morgan fingerprint density at radius 1 is 0.930 bits per heavy atom. The molecule has 4 aromatic rings. The summed E-state index contributed by atoms with van der Waals surface area (Å²) in [5.74, 6) is 0.969. The Morgan fingerprint density at radius 3 is 2.37 bits per heavy atom. The van der Waals surface area contributed by atoms with Gasteiger partial charge in [-0.2, -0.15) is 5.10 Å². The summed E-state index contributed by atoms with van der Waals surface area (Å²) in [5, 5.41) is 8.83. The second-order valence-corrected chi connectivity index (χ2v) is 13.1. The zero-order chi connectivity index (χ0) is 29.6. The van der Waals surface area contributed by atoms with Crippen molar-refractivity contribution in [3.8, 4) is 16.9 Å². The number of ketones is 1. The van der Waals surface area contributed by atoms with Crippen LogP contribution in [0.15, 0.2) is 96.2 Å². The summed E-state index contributed by atoms with van der Waals surface area (Å²) < 4.78 is 22.7.